The number of hydrogen-bond donors (Lipinski definition) is 2. The van der Waals surface area contributed by atoms with Gasteiger partial charge in [0.05, 0.1) is 11.9 Å². The average Bonchev–Trinajstić information content (AvgIpc) is 3.02. The van der Waals surface area contributed by atoms with Crippen LogP contribution in [0.25, 0.3) is 10.9 Å². The Kier molecular flexibility index (Phi) is 5.51. The maximum atomic E-state index is 12.4. The summed E-state index contributed by atoms with van der Waals surface area (Å²) < 4.78 is 27.5. The molecule has 7 heteroatoms. The van der Waals surface area contributed by atoms with Gasteiger partial charge in [-0.3, -0.25) is 9.52 Å². The fourth-order valence-electron chi connectivity index (χ4n) is 2.96. The number of aryl methyl sites for hydroxylation is 2. The molecule has 0 radical (unpaired) electrons. The van der Waals surface area contributed by atoms with Crippen LogP contribution in [-0.2, 0) is 16.6 Å². The third kappa shape index (κ3) is 4.89. The molecular formula is C20H23N3O3S. The average molecular weight is 385 g/mol. The molecule has 0 spiro atoms. The van der Waals surface area contributed by atoms with Gasteiger partial charge in [0.25, 0.3) is 5.91 Å². The highest BCUT2D eigenvalue weighted by molar-refractivity contribution is 7.92. The van der Waals surface area contributed by atoms with Crippen molar-refractivity contribution in [2.24, 2.45) is 0 Å². The molecule has 2 N–H and O–H groups in total. The zero-order valence-corrected chi connectivity index (χ0v) is 16.2. The number of fused-ring (bicyclic) bond motifs is 1. The highest BCUT2D eigenvalue weighted by Gasteiger charge is 2.10. The minimum absolute atomic E-state index is 0.219. The molecule has 0 aliphatic heterocycles. The number of sulfonamides is 1. The summed E-state index contributed by atoms with van der Waals surface area (Å²) in [5.41, 5.74) is 2.79. The molecule has 0 aliphatic carbocycles. The largest absolute Gasteiger partial charge is 0.352 e. The van der Waals surface area contributed by atoms with E-state index in [1.807, 2.05) is 12.1 Å². The van der Waals surface area contributed by atoms with Gasteiger partial charge in [-0.1, -0.05) is 24.3 Å². The molecule has 0 unspecified atom stereocenters. The highest BCUT2D eigenvalue weighted by Crippen LogP contribution is 2.18. The van der Waals surface area contributed by atoms with E-state index < -0.39 is 10.0 Å². The van der Waals surface area contributed by atoms with E-state index in [-0.39, 0.29) is 5.91 Å². The monoisotopic (exact) mass is 385 g/mol. The summed E-state index contributed by atoms with van der Waals surface area (Å²) in [6.07, 6.45) is 3.93. The van der Waals surface area contributed by atoms with Gasteiger partial charge in [-0.25, -0.2) is 8.42 Å². The Hall–Kier alpha value is -2.80. The van der Waals surface area contributed by atoms with E-state index in [0.29, 0.717) is 17.8 Å². The van der Waals surface area contributed by atoms with Crippen LogP contribution in [0.2, 0.25) is 0 Å². The Balaban J connectivity index is 1.57. The van der Waals surface area contributed by atoms with Crippen molar-refractivity contribution in [3.63, 3.8) is 0 Å². The first-order chi connectivity index (χ1) is 12.8. The number of nitrogens with one attached hydrogen (secondary N) is 2. The number of para-hydroxylation sites is 1. The lowest BCUT2D eigenvalue weighted by atomic mass is 10.1. The lowest BCUT2D eigenvalue weighted by molar-refractivity contribution is 0.0953. The maximum absolute atomic E-state index is 12.4. The lowest BCUT2D eigenvalue weighted by Crippen LogP contribution is -2.25. The number of carbonyl (C=O) groups excluding carboxylic acids is 1. The molecule has 1 heterocycles. The molecule has 0 bridgehead atoms. The van der Waals surface area contributed by atoms with Gasteiger partial charge < -0.3 is 9.88 Å². The van der Waals surface area contributed by atoms with Crippen LogP contribution in [0.15, 0.2) is 54.7 Å². The summed E-state index contributed by atoms with van der Waals surface area (Å²) in [6.45, 7) is 3.13. The van der Waals surface area contributed by atoms with E-state index in [0.717, 1.165) is 24.8 Å². The molecule has 0 saturated heterocycles. The SMILES string of the molecule is Cc1ccc(C(=O)NCCCn2ccc3ccccc32)cc1NS(C)(=O)=O. The number of carbonyl (C=O) groups is 1. The number of nitrogens with zero attached hydrogens (tertiary/aromatic N) is 1. The molecule has 0 atom stereocenters. The van der Waals surface area contributed by atoms with Crippen LogP contribution in [-0.4, -0.2) is 31.7 Å². The second-order valence-electron chi connectivity index (χ2n) is 6.58. The second-order valence-corrected chi connectivity index (χ2v) is 8.33. The summed E-state index contributed by atoms with van der Waals surface area (Å²) in [7, 11) is -3.39. The lowest BCUT2D eigenvalue weighted by Gasteiger charge is -2.11. The summed E-state index contributed by atoms with van der Waals surface area (Å²) in [4.78, 5) is 12.4. The van der Waals surface area contributed by atoms with Crippen LogP contribution < -0.4 is 10.0 Å². The van der Waals surface area contributed by atoms with Gasteiger partial charge in [-0.05, 0) is 48.6 Å². The smallest absolute Gasteiger partial charge is 0.251 e. The molecule has 0 fully saturated rings. The van der Waals surface area contributed by atoms with Crippen molar-refractivity contribution in [1.82, 2.24) is 9.88 Å². The first kappa shape index (κ1) is 19.0. The fraction of sp³-hybridized carbons (Fsp3) is 0.250. The second kappa shape index (κ2) is 7.84. The molecule has 2 aromatic carbocycles. The van der Waals surface area contributed by atoms with Crippen molar-refractivity contribution in [3.05, 3.63) is 65.9 Å². The van der Waals surface area contributed by atoms with E-state index in [4.69, 9.17) is 0 Å². The molecular weight excluding hydrogens is 362 g/mol. The zero-order valence-electron chi connectivity index (χ0n) is 15.4. The molecule has 3 aromatic rings. The van der Waals surface area contributed by atoms with Crippen molar-refractivity contribution < 1.29 is 13.2 Å². The van der Waals surface area contributed by atoms with E-state index in [1.165, 1.54) is 10.9 Å². The predicted molar refractivity (Wildman–Crippen MR) is 109 cm³/mol. The summed E-state index contributed by atoms with van der Waals surface area (Å²) >= 11 is 0. The van der Waals surface area contributed by atoms with Crippen molar-refractivity contribution in [3.8, 4) is 0 Å². The summed E-state index contributed by atoms with van der Waals surface area (Å²) in [5, 5.41) is 4.09. The first-order valence-electron chi connectivity index (χ1n) is 8.74. The van der Waals surface area contributed by atoms with Gasteiger partial charge in [0.2, 0.25) is 10.0 Å². The molecule has 142 valence electrons. The molecule has 0 saturated carbocycles. The minimum atomic E-state index is -3.39. The third-order valence-electron chi connectivity index (χ3n) is 4.34. The van der Waals surface area contributed by atoms with Gasteiger partial charge in [-0.15, -0.1) is 0 Å². The first-order valence-corrected chi connectivity index (χ1v) is 10.6. The molecule has 27 heavy (non-hydrogen) atoms. The van der Waals surface area contributed by atoms with Gasteiger partial charge in [0.1, 0.15) is 0 Å². The van der Waals surface area contributed by atoms with E-state index in [9.17, 15) is 13.2 Å². The number of amides is 1. The zero-order chi connectivity index (χ0) is 19.4. The van der Waals surface area contributed by atoms with Crippen LogP contribution in [0.3, 0.4) is 0 Å². The number of rotatable bonds is 7. The van der Waals surface area contributed by atoms with Crippen molar-refractivity contribution in [2.45, 2.75) is 19.9 Å². The normalized spacial score (nSPS) is 11.5. The molecule has 0 aliphatic rings. The number of benzene rings is 2. The maximum Gasteiger partial charge on any atom is 0.251 e. The third-order valence-corrected chi connectivity index (χ3v) is 4.93. The van der Waals surface area contributed by atoms with Crippen LogP contribution in [0.5, 0.6) is 0 Å². The Labute approximate surface area is 159 Å². The Morgan fingerprint density at radius 1 is 1.11 bits per heavy atom. The van der Waals surface area contributed by atoms with Crippen molar-refractivity contribution >= 4 is 32.5 Å². The standard InChI is InChI=1S/C20H23N3O3S/c1-15-8-9-17(14-18(15)22-27(2,25)26)20(24)21-11-5-12-23-13-10-16-6-3-4-7-19(16)23/h3-4,6-10,13-14,22H,5,11-12H2,1-2H3,(H,21,24). The summed E-state index contributed by atoms with van der Waals surface area (Å²) in [6, 6.07) is 15.2. The number of anilines is 1. The highest BCUT2D eigenvalue weighted by atomic mass is 32.2. The Bertz CT molecular complexity index is 1070. The molecule has 6 nitrogen and oxygen atoms in total. The van der Waals surface area contributed by atoms with Gasteiger partial charge in [-0.2, -0.15) is 0 Å². The van der Waals surface area contributed by atoms with E-state index >= 15 is 0 Å². The van der Waals surface area contributed by atoms with Gasteiger partial charge in [0, 0.05) is 30.4 Å². The minimum Gasteiger partial charge on any atom is -0.352 e. The number of aromatic nitrogens is 1. The Morgan fingerprint density at radius 3 is 2.67 bits per heavy atom. The molecule has 1 aromatic heterocycles. The fourth-order valence-corrected chi connectivity index (χ4v) is 3.58. The van der Waals surface area contributed by atoms with E-state index in [2.05, 4.69) is 39.0 Å². The summed E-state index contributed by atoms with van der Waals surface area (Å²) in [5.74, 6) is -0.219. The van der Waals surface area contributed by atoms with Gasteiger partial charge in [0.15, 0.2) is 0 Å². The number of hydrogen-bond acceptors (Lipinski definition) is 3. The van der Waals surface area contributed by atoms with Crippen LogP contribution in [0.1, 0.15) is 22.3 Å². The molecule has 3 rings (SSSR count). The quantitative estimate of drug-likeness (QED) is 0.613. The van der Waals surface area contributed by atoms with Crippen molar-refractivity contribution in [2.75, 3.05) is 17.5 Å². The van der Waals surface area contributed by atoms with E-state index in [1.54, 1.807) is 25.1 Å². The predicted octanol–water partition coefficient (Wildman–Crippen LogP) is 3.14. The van der Waals surface area contributed by atoms with Crippen molar-refractivity contribution in [1.29, 1.82) is 0 Å². The topological polar surface area (TPSA) is 80.2 Å². The Morgan fingerprint density at radius 2 is 1.89 bits per heavy atom. The van der Waals surface area contributed by atoms with Crippen LogP contribution in [0, 0.1) is 6.92 Å². The van der Waals surface area contributed by atoms with Gasteiger partial charge >= 0.3 is 0 Å². The molecule has 1 amide bonds. The van der Waals surface area contributed by atoms with Crippen LogP contribution in [0.4, 0.5) is 5.69 Å². The van der Waals surface area contributed by atoms with Crippen LogP contribution >= 0.6 is 0 Å².